The van der Waals surface area contributed by atoms with Gasteiger partial charge in [0.05, 0.1) is 19.3 Å². The lowest BCUT2D eigenvalue weighted by Gasteiger charge is -2.02. The Hall–Kier alpha value is -1.43. The van der Waals surface area contributed by atoms with Crippen LogP contribution < -0.4 is 0 Å². The number of thioether (sulfide) groups is 1. The van der Waals surface area contributed by atoms with Crippen LogP contribution in [-0.2, 0) is 9.53 Å². The zero-order valence-electron chi connectivity index (χ0n) is 9.74. The van der Waals surface area contributed by atoms with Gasteiger partial charge in [-0.15, -0.1) is 0 Å². The highest BCUT2D eigenvalue weighted by atomic mass is 32.2. The van der Waals surface area contributed by atoms with Gasteiger partial charge >= 0.3 is 5.97 Å². The van der Waals surface area contributed by atoms with Crippen LogP contribution in [0, 0.1) is 11.6 Å². The van der Waals surface area contributed by atoms with Crippen molar-refractivity contribution in [1.29, 1.82) is 0 Å². The molecule has 1 aromatic rings. The molecule has 0 aromatic heterocycles. The number of ether oxygens (including phenoxy) is 1. The van der Waals surface area contributed by atoms with E-state index in [1.165, 1.54) is 24.9 Å². The first-order valence-electron chi connectivity index (χ1n) is 5.17. The van der Waals surface area contributed by atoms with Crippen molar-refractivity contribution in [1.82, 2.24) is 0 Å². The predicted octanol–water partition coefficient (Wildman–Crippen LogP) is 2.44. The lowest BCUT2D eigenvalue weighted by atomic mass is 10.1. The second kappa shape index (κ2) is 7.10. The zero-order chi connectivity index (χ0) is 13.5. The maximum absolute atomic E-state index is 12.9. The average molecular weight is 274 g/mol. The second-order valence-electron chi connectivity index (χ2n) is 3.43. The topological polar surface area (TPSA) is 43.4 Å². The lowest BCUT2D eigenvalue weighted by molar-refractivity contribution is -0.140. The van der Waals surface area contributed by atoms with Gasteiger partial charge in [0.1, 0.15) is 0 Å². The molecule has 0 heterocycles. The monoisotopic (exact) mass is 274 g/mol. The van der Waals surface area contributed by atoms with Crippen LogP contribution >= 0.6 is 11.8 Å². The van der Waals surface area contributed by atoms with E-state index in [-0.39, 0.29) is 29.5 Å². The first kappa shape index (κ1) is 14.6. The minimum absolute atomic E-state index is 0.113. The molecular formula is C12H12F2O3S. The van der Waals surface area contributed by atoms with E-state index in [4.69, 9.17) is 0 Å². The molecule has 0 aliphatic rings. The predicted molar refractivity (Wildman–Crippen MR) is 64.6 cm³/mol. The molecular weight excluding hydrogens is 262 g/mol. The number of benzene rings is 1. The Kier molecular flexibility index (Phi) is 5.77. The molecule has 0 aliphatic heterocycles. The summed E-state index contributed by atoms with van der Waals surface area (Å²) in [6.45, 7) is 0. The van der Waals surface area contributed by atoms with Crippen LogP contribution in [0.25, 0.3) is 0 Å². The summed E-state index contributed by atoms with van der Waals surface area (Å²) >= 11 is 1.24. The van der Waals surface area contributed by atoms with Gasteiger partial charge in [-0.1, -0.05) is 0 Å². The molecule has 98 valence electrons. The quantitative estimate of drug-likeness (QED) is 0.454. The van der Waals surface area contributed by atoms with Crippen LogP contribution in [0.4, 0.5) is 8.78 Å². The minimum Gasteiger partial charge on any atom is -0.469 e. The minimum atomic E-state index is -1.04. The second-order valence-corrected chi connectivity index (χ2v) is 4.54. The molecule has 6 heteroatoms. The van der Waals surface area contributed by atoms with Crippen molar-refractivity contribution in [2.45, 2.75) is 6.42 Å². The molecule has 1 rings (SSSR count). The van der Waals surface area contributed by atoms with Crippen molar-refractivity contribution in [2.24, 2.45) is 0 Å². The van der Waals surface area contributed by atoms with Crippen molar-refractivity contribution < 1.29 is 23.1 Å². The van der Waals surface area contributed by atoms with E-state index in [0.29, 0.717) is 5.75 Å². The summed E-state index contributed by atoms with van der Waals surface area (Å²) < 4.78 is 30.0. The highest BCUT2D eigenvalue weighted by Gasteiger charge is 2.10. The average Bonchev–Trinajstić information content (AvgIpc) is 2.37. The molecule has 0 radical (unpaired) electrons. The zero-order valence-corrected chi connectivity index (χ0v) is 10.6. The first-order valence-corrected chi connectivity index (χ1v) is 6.33. The normalized spacial score (nSPS) is 10.2. The summed E-state index contributed by atoms with van der Waals surface area (Å²) in [5, 5.41) is 0. The van der Waals surface area contributed by atoms with E-state index in [1.54, 1.807) is 0 Å². The Morgan fingerprint density at radius 3 is 2.61 bits per heavy atom. The number of carbonyl (C=O) groups excluding carboxylic acids is 2. The standard InChI is InChI=1S/C12H12F2O3S/c1-17-12(16)4-5-18-7-11(15)8-2-3-9(13)10(14)6-8/h2-3,6H,4-5,7H2,1H3. The fourth-order valence-corrected chi connectivity index (χ4v) is 1.98. The molecule has 0 amide bonds. The van der Waals surface area contributed by atoms with Gasteiger partial charge < -0.3 is 4.74 Å². The molecule has 0 saturated heterocycles. The maximum Gasteiger partial charge on any atom is 0.306 e. The molecule has 0 atom stereocenters. The third-order valence-corrected chi connectivity index (χ3v) is 3.11. The number of carbonyl (C=O) groups is 2. The van der Waals surface area contributed by atoms with Crippen LogP contribution in [0.1, 0.15) is 16.8 Å². The van der Waals surface area contributed by atoms with Gasteiger partial charge in [0.25, 0.3) is 0 Å². The van der Waals surface area contributed by atoms with Gasteiger partial charge in [-0.05, 0) is 18.2 Å². The van der Waals surface area contributed by atoms with Crippen molar-refractivity contribution in [3.05, 3.63) is 35.4 Å². The van der Waals surface area contributed by atoms with E-state index in [9.17, 15) is 18.4 Å². The van der Waals surface area contributed by atoms with E-state index < -0.39 is 11.6 Å². The Bertz CT molecular complexity index is 449. The van der Waals surface area contributed by atoms with Gasteiger partial charge in [-0.25, -0.2) is 8.78 Å². The SMILES string of the molecule is COC(=O)CCSCC(=O)c1ccc(F)c(F)c1. The Morgan fingerprint density at radius 1 is 1.28 bits per heavy atom. The van der Waals surface area contributed by atoms with E-state index in [1.807, 2.05) is 0 Å². The summed E-state index contributed by atoms with van der Waals surface area (Å²) in [5.41, 5.74) is 0.125. The highest BCUT2D eigenvalue weighted by molar-refractivity contribution is 8.00. The largest absolute Gasteiger partial charge is 0.469 e. The van der Waals surface area contributed by atoms with E-state index >= 15 is 0 Å². The van der Waals surface area contributed by atoms with Crippen molar-refractivity contribution in [3.8, 4) is 0 Å². The molecule has 3 nitrogen and oxygen atoms in total. The number of hydrogen-bond acceptors (Lipinski definition) is 4. The third-order valence-electron chi connectivity index (χ3n) is 2.15. The van der Waals surface area contributed by atoms with E-state index in [0.717, 1.165) is 12.1 Å². The van der Waals surface area contributed by atoms with Gasteiger partial charge in [0.15, 0.2) is 17.4 Å². The summed E-state index contributed by atoms with van der Waals surface area (Å²) in [4.78, 5) is 22.4. The summed E-state index contributed by atoms with van der Waals surface area (Å²) in [6, 6.07) is 3.03. The van der Waals surface area contributed by atoms with Crippen LogP contribution in [0.5, 0.6) is 0 Å². The number of esters is 1. The molecule has 1 aromatic carbocycles. The first-order chi connectivity index (χ1) is 8.54. The van der Waals surface area contributed by atoms with Crippen molar-refractivity contribution in [3.63, 3.8) is 0 Å². The maximum atomic E-state index is 12.9. The third kappa shape index (κ3) is 4.44. The van der Waals surface area contributed by atoms with Gasteiger partial charge in [0, 0.05) is 11.3 Å². The fraction of sp³-hybridized carbons (Fsp3) is 0.333. The molecule has 0 fully saturated rings. The number of rotatable bonds is 6. The summed E-state index contributed by atoms with van der Waals surface area (Å²) in [7, 11) is 1.29. The number of methoxy groups -OCH3 is 1. The lowest BCUT2D eigenvalue weighted by Crippen LogP contribution is -2.06. The van der Waals surface area contributed by atoms with Crippen LogP contribution in [0.15, 0.2) is 18.2 Å². The van der Waals surface area contributed by atoms with Crippen LogP contribution in [0.2, 0.25) is 0 Å². The van der Waals surface area contributed by atoms with Crippen molar-refractivity contribution >= 4 is 23.5 Å². The van der Waals surface area contributed by atoms with Crippen LogP contribution in [-0.4, -0.2) is 30.4 Å². The number of halogens is 2. The number of ketones is 1. The molecule has 0 unspecified atom stereocenters. The molecule has 18 heavy (non-hydrogen) atoms. The highest BCUT2D eigenvalue weighted by Crippen LogP contribution is 2.12. The Labute approximate surface area is 108 Å². The smallest absolute Gasteiger partial charge is 0.306 e. The molecule has 0 aliphatic carbocycles. The van der Waals surface area contributed by atoms with Crippen LogP contribution in [0.3, 0.4) is 0 Å². The number of hydrogen-bond donors (Lipinski definition) is 0. The van der Waals surface area contributed by atoms with Gasteiger partial charge in [-0.3, -0.25) is 9.59 Å². The molecule has 0 spiro atoms. The van der Waals surface area contributed by atoms with Gasteiger partial charge in [-0.2, -0.15) is 11.8 Å². The Morgan fingerprint density at radius 2 is 2.00 bits per heavy atom. The van der Waals surface area contributed by atoms with E-state index in [2.05, 4.69) is 4.74 Å². The Balaban J connectivity index is 2.41. The fourth-order valence-electron chi connectivity index (χ4n) is 1.18. The summed E-state index contributed by atoms with van der Waals surface area (Å²) in [5.74, 6) is -2.11. The molecule has 0 N–H and O–H groups in total. The summed E-state index contributed by atoms with van der Waals surface area (Å²) in [6.07, 6.45) is 0.215. The molecule has 0 saturated carbocycles. The molecule has 0 bridgehead atoms. The van der Waals surface area contributed by atoms with Crippen molar-refractivity contribution in [2.75, 3.05) is 18.6 Å². The van der Waals surface area contributed by atoms with Gasteiger partial charge in [0.2, 0.25) is 0 Å². The number of Topliss-reactive ketones (excluding diaryl/α,β-unsaturated/α-hetero) is 1.